The second kappa shape index (κ2) is 2.23. The Labute approximate surface area is 63.9 Å². The fourth-order valence-electron chi connectivity index (χ4n) is 0.953. The SMILES string of the molecule is Cn1cnc(-c2cn[nH]c2)c1. The Hall–Kier alpha value is -1.58. The highest BCUT2D eigenvalue weighted by atomic mass is 15.1. The topological polar surface area (TPSA) is 46.5 Å². The molecule has 0 aliphatic heterocycles. The van der Waals surface area contributed by atoms with E-state index < -0.39 is 0 Å². The second-order valence-corrected chi connectivity index (χ2v) is 2.41. The lowest BCUT2D eigenvalue weighted by molar-refractivity contribution is 0.913. The molecule has 2 heterocycles. The van der Waals surface area contributed by atoms with Gasteiger partial charge in [-0.1, -0.05) is 0 Å². The van der Waals surface area contributed by atoms with Gasteiger partial charge in [0.05, 0.1) is 18.2 Å². The highest BCUT2D eigenvalue weighted by molar-refractivity contribution is 5.55. The maximum atomic E-state index is 4.16. The normalized spacial score (nSPS) is 10.3. The van der Waals surface area contributed by atoms with Crippen LogP contribution in [0.1, 0.15) is 0 Å². The van der Waals surface area contributed by atoms with Crippen molar-refractivity contribution in [3.63, 3.8) is 0 Å². The van der Waals surface area contributed by atoms with E-state index in [2.05, 4.69) is 15.2 Å². The van der Waals surface area contributed by atoms with E-state index in [1.165, 1.54) is 0 Å². The van der Waals surface area contributed by atoms with Crippen molar-refractivity contribution in [2.24, 2.45) is 7.05 Å². The van der Waals surface area contributed by atoms with Gasteiger partial charge in [0.25, 0.3) is 0 Å². The molecule has 0 radical (unpaired) electrons. The molecule has 0 saturated carbocycles. The molecule has 56 valence electrons. The van der Waals surface area contributed by atoms with Crippen molar-refractivity contribution in [1.82, 2.24) is 19.7 Å². The molecule has 2 aromatic heterocycles. The number of aromatic amines is 1. The first-order valence-corrected chi connectivity index (χ1v) is 3.33. The van der Waals surface area contributed by atoms with Gasteiger partial charge in [-0.2, -0.15) is 5.10 Å². The van der Waals surface area contributed by atoms with Gasteiger partial charge in [-0.3, -0.25) is 5.10 Å². The zero-order chi connectivity index (χ0) is 7.68. The lowest BCUT2D eigenvalue weighted by atomic mass is 10.3. The van der Waals surface area contributed by atoms with Gasteiger partial charge in [0.2, 0.25) is 0 Å². The summed E-state index contributed by atoms with van der Waals surface area (Å²) >= 11 is 0. The highest BCUT2D eigenvalue weighted by Gasteiger charge is 1.99. The molecule has 11 heavy (non-hydrogen) atoms. The first-order chi connectivity index (χ1) is 5.36. The summed E-state index contributed by atoms with van der Waals surface area (Å²) in [6.07, 6.45) is 7.29. The number of rotatable bonds is 1. The van der Waals surface area contributed by atoms with Crippen LogP contribution in [0.4, 0.5) is 0 Å². The van der Waals surface area contributed by atoms with E-state index in [4.69, 9.17) is 0 Å². The average molecular weight is 148 g/mol. The molecular formula is C7H8N4. The molecule has 0 aliphatic carbocycles. The van der Waals surface area contributed by atoms with Crippen molar-refractivity contribution >= 4 is 0 Å². The third-order valence-corrected chi connectivity index (χ3v) is 1.50. The number of hydrogen-bond donors (Lipinski definition) is 1. The molecule has 4 nitrogen and oxygen atoms in total. The number of H-pyrrole nitrogens is 1. The van der Waals surface area contributed by atoms with Gasteiger partial charge >= 0.3 is 0 Å². The Bertz CT molecular complexity index is 333. The smallest absolute Gasteiger partial charge is 0.0951 e. The largest absolute Gasteiger partial charge is 0.340 e. The van der Waals surface area contributed by atoms with Crippen LogP contribution in [0.3, 0.4) is 0 Å². The molecule has 2 rings (SSSR count). The fourth-order valence-corrected chi connectivity index (χ4v) is 0.953. The van der Waals surface area contributed by atoms with Crippen LogP contribution in [0.2, 0.25) is 0 Å². The molecule has 0 bridgehead atoms. The molecule has 0 aromatic carbocycles. The maximum absolute atomic E-state index is 4.16. The zero-order valence-corrected chi connectivity index (χ0v) is 6.15. The lowest BCUT2D eigenvalue weighted by Crippen LogP contribution is -1.77. The van der Waals surface area contributed by atoms with E-state index >= 15 is 0 Å². The van der Waals surface area contributed by atoms with Crippen molar-refractivity contribution in [3.8, 4) is 11.3 Å². The van der Waals surface area contributed by atoms with Crippen molar-refractivity contribution in [3.05, 3.63) is 24.9 Å². The molecule has 0 aliphatic rings. The van der Waals surface area contributed by atoms with Crippen LogP contribution in [0, 0.1) is 0 Å². The third-order valence-electron chi connectivity index (χ3n) is 1.50. The van der Waals surface area contributed by atoms with E-state index in [1.54, 1.807) is 12.5 Å². The predicted octanol–water partition coefficient (Wildman–Crippen LogP) is 0.810. The van der Waals surface area contributed by atoms with E-state index in [9.17, 15) is 0 Å². The molecule has 4 heteroatoms. The standard InChI is InChI=1S/C7H8N4/c1-11-4-7(8-5-11)6-2-9-10-3-6/h2-5H,1H3,(H,9,10). The van der Waals surface area contributed by atoms with Gasteiger partial charge in [-0.05, 0) is 0 Å². The monoisotopic (exact) mass is 148 g/mol. The number of hydrogen-bond acceptors (Lipinski definition) is 2. The van der Waals surface area contributed by atoms with Crippen LogP contribution >= 0.6 is 0 Å². The number of nitrogens with one attached hydrogen (secondary N) is 1. The molecule has 0 spiro atoms. The molecule has 0 fully saturated rings. The Morgan fingerprint density at radius 1 is 1.55 bits per heavy atom. The Morgan fingerprint density at radius 2 is 2.45 bits per heavy atom. The van der Waals surface area contributed by atoms with Crippen molar-refractivity contribution < 1.29 is 0 Å². The Morgan fingerprint density at radius 3 is 3.00 bits per heavy atom. The average Bonchev–Trinajstić information content (AvgIpc) is 2.55. The minimum absolute atomic E-state index is 0.946. The lowest BCUT2D eigenvalue weighted by Gasteiger charge is -1.84. The third kappa shape index (κ3) is 1.02. The van der Waals surface area contributed by atoms with Crippen molar-refractivity contribution in [2.45, 2.75) is 0 Å². The van der Waals surface area contributed by atoms with E-state index in [-0.39, 0.29) is 0 Å². The Kier molecular flexibility index (Phi) is 1.25. The summed E-state index contributed by atoms with van der Waals surface area (Å²) in [5, 5.41) is 6.57. The van der Waals surface area contributed by atoms with Crippen molar-refractivity contribution in [1.29, 1.82) is 0 Å². The maximum Gasteiger partial charge on any atom is 0.0951 e. The molecule has 1 N–H and O–H groups in total. The second-order valence-electron chi connectivity index (χ2n) is 2.41. The van der Waals surface area contributed by atoms with Crippen LogP contribution in [-0.4, -0.2) is 19.7 Å². The molecule has 2 aromatic rings. The number of aryl methyl sites for hydroxylation is 1. The van der Waals surface area contributed by atoms with Crippen LogP contribution in [0.5, 0.6) is 0 Å². The van der Waals surface area contributed by atoms with Gasteiger partial charge in [0.15, 0.2) is 0 Å². The zero-order valence-electron chi connectivity index (χ0n) is 6.15. The predicted molar refractivity (Wildman–Crippen MR) is 40.8 cm³/mol. The van der Waals surface area contributed by atoms with Gasteiger partial charge in [0.1, 0.15) is 0 Å². The van der Waals surface area contributed by atoms with Crippen LogP contribution in [0.25, 0.3) is 11.3 Å². The molecular weight excluding hydrogens is 140 g/mol. The number of nitrogens with zero attached hydrogens (tertiary/aromatic N) is 3. The van der Waals surface area contributed by atoms with Gasteiger partial charge in [-0.25, -0.2) is 4.98 Å². The number of imidazole rings is 1. The van der Waals surface area contributed by atoms with Gasteiger partial charge < -0.3 is 4.57 Å². The van der Waals surface area contributed by atoms with E-state index in [1.807, 2.05) is 24.0 Å². The summed E-state index contributed by atoms with van der Waals surface area (Å²) < 4.78 is 1.91. The minimum atomic E-state index is 0.946. The summed E-state index contributed by atoms with van der Waals surface area (Å²) in [6, 6.07) is 0. The summed E-state index contributed by atoms with van der Waals surface area (Å²) in [4.78, 5) is 4.16. The molecule has 0 atom stereocenters. The first kappa shape index (κ1) is 6.15. The molecule has 0 unspecified atom stereocenters. The van der Waals surface area contributed by atoms with Crippen LogP contribution in [-0.2, 0) is 7.05 Å². The molecule has 0 amide bonds. The highest BCUT2D eigenvalue weighted by Crippen LogP contribution is 2.12. The van der Waals surface area contributed by atoms with E-state index in [0.717, 1.165) is 11.3 Å². The first-order valence-electron chi connectivity index (χ1n) is 3.33. The quantitative estimate of drug-likeness (QED) is 0.650. The van der Waals surface area contributed by atoms with Gasteiger partial charge in [0, 0.05) is 25.0 Å². The summed E-state index contributed by atoms with van der Waals surface area (Å²) in [7, 11) is 1.94. The minimum Gasteiger partial charge on any atom is -0.340 e. The summed E-state index contributed by atoms with van der Waals surface area (Å²) in [5.74, 6) is 0. The fraction of sp³-hybridized carbons (Fsp3) is 0.143. The van der Waals surface area contributed by atoms with E-state index in [0.29, 0.717) is 0 Å². The van der Waals surface area contributed by atoms with Crippen LogP contribution in [0.15, 0.2) is 24.9 Å². The van der Waals surface area contributed by atoms with Crippen molar-refractivity contribution in [2.75, 3.05) is 0 Å². The Balaban J connectivity index is 2.45. The summed E-state index contributed by atoms with van der Waals surface area (Å²) in [6.45, 7) is 0. The molecule has 0 saturated heterocycles. The summed E-state index contributed by atoms with van der Waals surface area (Å²) in [5.41, 5.74) is 1.96. The van der Waals surface area contributed by atoms with Crippen LogP contribution < -0.4 is 0 Å². The van der Waals surface area contributed by atoms with Gasteiger partial charge in [-0.15, -0.1) is 0 Å². The number of aromatic nitrogens is 4.